The first-order valence-corrected chi connectivity index (χ1v) is 11.3. The monoisotopic (exact) mass is 478 g/mol. The standard InChI is InChI=1S/C25H23ClN4O4/c1-27-25(32)23-14-29(19-5-2-3-6-22(19)34-23)15-24(31)30-20(21-7-4-12-33-21)13-18(28-30)16-8-10-17(26)11-9-16/h2-12,20,23H,13-15H2,1H3,(H,27,32)/t20-,23+/m1/s1. The molecule has 3 heterocycles. The van der Waals surface area contributed by atoms with Gasteiger partial charge in [0.15, 0.2) is 6.10 Å². The van der Waals surface area contributed by atoms with Crippen molar-refractivity contribution >= 4 is 34.8 Å². The number of hydrazone groups is 1. The fourth-order valence-electron chi connectivity index (χ4n) is 4.25. The number of rotatable bonds is 5. The quantitative estimate of drug-likeness (QED) is 0.605. The van der Waals surface area contributed by atoms with Gasteiger partial charge in [-0.25, -0.2) is 5.01 Å². The predicted octanol–water partition coefficient (Wildman–Crippen LogP) is 3.62. The highest BCUT2D eigenvalue weighted by Crippen LogP contribution is 2.36. The van der Waals surface area contributed by atoms with E-state index in [1.807, 2.05) is 41.3 Å². The number of anilines is 1. The molecule has 0 spiro atoms. The largest absolute Gasteiger partial charge is 0.477 e. The zero-order chi connectivity index (χ0) is 23.7. The minimum absolute atomic E-state index is 0.0302. The van der Waals surface area contributed by atoms with Crippen molar-refractivity contribution in [1.29, 1.82) is 0 Å². The van der Waals surface area contributed by atoms with Crippen LogP contribution in [0.2, 0.25) is 5.02 Å². The fourth-order valence-corrected chi connectivity index (χ4v) is 4.38. The Balaban J connectivity index is 1.43. The van der Waals surface area contributed by atoms with Gasteiger partial charge in [0.25, 0.3) is 11.8 Å². The normalized spacial score (nSPS) is 19.3. The zero-order valence-corrected chi connectivity index (χ0v) is 19.2. The number of amides is 2. The van der Waals surface area contributed by atoms with Gasteiger partial charge >= 0.3 is 0 Å². The molecule has 2 aliphatic rings. The Morgan fingerprint density at radius 2 is 1.91 bits per heavy atom. The highest BCUT2D eigenvalue weighted by molar-refractivity contribution is 6.30. The average Bonchev–Trinajstić information content (AvgIpc) is 3.54. The second kappa shape index (κ2) is 9.23. The van der Waals surface area contributed by atoms with Crippen molar-refractivity contribution in [1.82, 2.24) is 10.3 Å². The molecular formula is C25H23ClN4O4. The number of hydrogen-bond acceptors (Lipinski definition) is 6. The molecule has 0 saturated carbocycles. The summed E-state index contributed by atoms with van der Waals surface area (Å²) in [5.74, 6) is 0.763. The van der Waals surface area contributed by atoms with Crippen molar-refractivity contribution in [2.24, 2.45) is 5.10 Å². The minimum Gasteiger partial charge on any atom is -0.477 e. The van der Waals surface area contributed by atoms with E-state index in [-0.39, 0.29) is 30.9 Å². The molecule has 2 aliphatic heterocycles. The molecule has 0 fully saturated rings. The van der Waals surface area contributed by atoms with Crippen molar-refractivity contribution in [3.8, 4) is 5.75 Å². The summed E-state index contributed by atoms with van der Waals surface area (Å²) in [7, 11) is 1.56. The second-order valence-corrected chi connectivity index (χ2v) is 8.53. The van der Waals surface area contributed by atoms with Gasteiger partial charge in [0.05, 0.1) is 30.8 Å². The Kier molecular flexibility index (Phi) is 5.98. The van der Waals surface area contributed by atoms with Gasteiger partial charge in [-0.3, -0.25) is 9.59 Å². The van der Waals surface area contributed by atoms with Crippen LogP contribution in [0.15, 0.2) is 76.4 Å². The first-order valence-electron chi connectivity index (χ1n) is 10.9. The Bertz CT molecular complexity index is 1230. The summed E-state index contributed by atoms with van der Waals surface area (Å²) in [6.07, 6.45) is 1.38. The average molecular weight is 479 g/mol. The lowest BCUT2D eigenvalue weighted by Gasteiger charge is -2.35. The lowest BCUT2D eigenvalue weighted by Crippen LogP contribution is -2.50. The number of carbonyl (C=O) groups is 2. The molecule has 174 valence electrons. The summed E-state index contributed by atoms with van der Waals surface area (Å²) in [6, 6.07) is 18.0. The Morgan fingerprint density at radius 3 is 2.65 bits per heavy atom. The van der Waals surface area contributed by atoms with Crippen molar-refractivity contribution < 1.29 is 18.7 Å². The summed E-state index contributed by atoms with van der Waals surface area (Å²) in [5.41, 5.74) is 2.43. The Hall–Kier alpha value is -3.78. The number of nitrogens with zero attached hydrogens (tertiary/aromatic N) is 3. The lowest BCUT2D eigenvalue weighted by atomic mass is 10.0. The molecule has 0 radical (unpaired) electrons. The van der Waals surface area contributed by atoms with Crippen molar-refractivity contribution in [2.45, 2.75) is 18.6 Å². The smallest absolute Gasteiger partial charge is 0.262 e. The number of likely N-dealkylation sites (N-methyl/N-ethyl adjacent to an activating group) is 1. The summed E-state index contributed by atoms with van der Waals surface area (Å²) in [5, 5.41) is 9.41. The summed E-state index contributed by atoms with van der Waals surface area (Å²) in [6.45, 7) is 0.276. The van der Waals surface area contributed by atoms with Crippen LogP contribution in [0.5, 0.6) is 5.75 Å². The van der Waals surface area contributed by atoms with Gasteiger partial charge in [-0.15, -0.1) is 0 Å². The summed E-state index contributed by atoms with van der Waals surface area (Å²) in [4.78, 5) is 27.7. The number of fused-ring (bicyclic) bond motifs is 1. The van der Waals surface area contributed by atoms with Gasteiger partial charge in [-0.2, -0.15) is 5.10 Å². The number of furan rings is 1. The first kappa shape index (κ1) is 22.0. The first-order chi connectivity index (χ1) is 16.5. The predicted molar refractivity (Wildman–Crippen MR) is 128 cm³/mol. The van der Waals surface area contributed by atoms with E-state index in [1.165, 1.54) is 5.01 Å². The van der Waals surface area contributed by atoms with Crippen molar-refractivity contribution in [3.05, 3.63) is 83.3 Å². The molecule has 3 aromatic rings. The van der Waals surface area contributed by atoms with Gasteiger partial charge in [-0.05, 0) is 42.0 Å². The van der Waals surface area contributed by atoms with Crippen LogP contribution in [0.4, 0.5) is 5.69 Å². The van der Waals surface area contributed by atoms with Crippen LogP contribution in [-0.2, 0) is 9.59 Å². The Morgan fingerprint density at radius 1 is 1.12 bits per heavy atom. The fraction of sp³-hybridized carbons (Fsp3) is 0.240. The van der Waals surface area contributed by atoms with Crippen LogP contribution >= 0.6 is 11.6 Å². The summed E-state index contributed by atoms with van der Waals surface area (Å²) < 4.78 is 11.5. The molecule has 2 atom stereocenters. The highest BCUT2D eigenvalue weighted by atomic mass is 35.5. The number of halogens is 1. The van der Waals surface area contributed by atoms with Crippen LogP contribution in [0, 0.1) is 0 Å². The van der Waals surface area contributed by atoms with E-state index in [0.717, 1.165) is 17.0 Å². The molecule has 1 aromatic heterocycles. The lowest BCUT2D eigenvalue weighted by molar-refractivity contribution is -0.132. The van der Waals surface area contributed by atoms with Gasteiger partial charge in [0.1, 0.15) is 17.6 Å². The highest BCUT2D eigenvalue weighted by Gasteiger charge is 2.37. The number of para-hydroxylation sites is 2. The minimum atomic E-state index is -0.722. The molecule has 1 N–H and O–H groups in total. The molecule has 0 aliphatic carbocycles. The number of benzene rings is 2. The maximum Gasteiger partial charge on any atom is 0.262 e. The third kappa shape index (κ3) is 4.24. The van der Waals surface area contributed by atoms with Crippen molar-refractivity contribution in [3.63, 3.8) is 0 Å². The SMILES string of the molecule is CNC(=O)[C@@H]1CN(CC(=O)N2N=C(c3ccc(Cl)cc3)C[C@@H]2c2ccco2)c2ccccc2O1. The molecule has 2 amide bonds. The molecule has 2 aromatic carbocycles. The maximum atomic E-state index is 13.6. The summed E-state index contributed by atoms with van der Waals surface area (Å²) >= 11 is 6.04. The molecular weight excluding hydrogens is 456 g/mol. The van der Waals surface area contributed by atoms with E-state index >= 15 is 0 Å². The molecule has 9 heteroatoms. The second-order valence-electron chi connectivity index (χ2n) is 8.10. The molecule has 0 saturated heterocycles. The van der Waals surface area contributed by atoms with Crippen molar-refractivity contribution in [2.75, 3.05) is 25.0 Å². The molecule has 8 nitrogen and oxygen atoms in total. The number of carbonyl (C=O) groups excluding carboxylic acids is 2. The zero-order valence-electron chi connectivity index (χ0n) is 18.5. The van der Waals surface area contributed by atoms with E-state index in [9.17, 15) is 9.59 Å². The molecule has 0 unspecified atom stereocenters. The van der Waals surface area contributed by atoms with E-state index in [4.69, 9.17) is 20.8 Å². The van der Waals surface area contributed by atoms with E-state index in [2.05, 4.69) is 10.4 Å². The van der Waals surface area contributed by atoms with Crippen LogP contribution in [0.1, 0.15) is 23.8 Å². The third-order valence-corrected chi connectivity index (χ3v) is 6.19. The topological polar surface area (TPSA) is 87.4 Å². The third-order valence-electron chi connectivity index (χ3n) is 5.94. The Labute approximate surface area is 201 Å². The van der Waals surface area contributed by atoms with Gasteiger partial charge < -0.3 is 19.4 Å². The molecule has 34 heavy (non-hydrogen) atoms. The maximum absolute atomic E-state index is 13.6. The van der Waals surface area contributed by atoms with Crippen LogP contribution in [-0.4, -0.2) is 48.8 Å². The molecule has 5 rings (SSSR count). The van der Waals surface area contributed by atoms with E-state index < -0.39 is 6.10 Å². The van der Waals surface area contributed by atoms with Gasteiger partial charge in [0, 0.05) is 18.5 Å². The molecule has 0 bridgehead atoms. The van der Waals surface area contributed by atoms with Crippen LogP contribution in [0.3, 0.4) is 0 Å². The van der Waals surface area contributed by atoms with Gasteiger partial charge in [0.2, 0.25) is 0 Å². The van der Waals surface area contributed by atoms with Crippen LogP contribution in [0.25, 0.3) is 0 Å². The van der Waals surface area contributed by atoms with E-state index in [1.54, 1.807) is 37.6 Å². The number of ether oxygens (including phenoxy) is 1. The number of nitrogens with one attached hydrogen (secondary N) is 1. The number of hydrogen-bond donors (Lipinski definition) is 1. The van der Waals surface area contributed by atoms with E-state index in [0.29, 0.717) is 23.0 Å². The van der Waals surface area contributed by atoms with Crippen LogP contribution < -0.4 is 15.0 Å². The van der Waals surface area contributed by atoms with Gasteiger partial charge in [-0.1, -0.05) is 35.9 Å².